The third-order valence-electron chi connectivity index (χ3n) is 15.3. The molecule has 0 bridgehead atoms. The third-order valence-corrected chi connectivity index (χ3v) is 25.8. The topological polar surface area (TPSA) is 191 Å². The number of fused-ring (bicyclic) bond motifs is 3. The van der Waals surface area contributed by atoms with Gasteiger partial charge in [-0.2, -0.15) is 0 Å². The average Bonchev–Trinajstić information content (AvgIpc) is 1.62. The Morgan fingerprint density at radius 1 is 0.473 bits per heavy atom. The standard InChI is InChI=1S/C18H13F4N5.C13H17BN2O2.C12H9BrF2N4.C6H4BrF2N.C6H4F2N.C5H4Br2F2N2.C3H2Br2N2.C2H3F2I.3CH3.Sn/c19-14(20)9-27-10-24-16(12-2-1-3-13(25-12)18(21)22)17(27)11-4-5-15-23-6-7-26(15)8-11;1-12(2)13(3,4)18-14(17-12)10-5-6-11-15-7-8-16(11)9-10;13-12-11(19(7-17-12)6-9(14)15)8-1-2-10-16-3-4-18(10)5-8;7-5-3-1-2-4(10-5)6(8)9;7-6(8)5-3-1-2-4-9-5;6-4-5(7)11(2-10-4)1-3(8)9;4-2-3(5)7-1-6-2;3-2(4)1-5;;;;/h1-8,10,14,18H,9H2;5-9H,1-4H3;1-5,7,9H,6H2;1-3,6H;1-3,6H;2-3H,1H2;1H,(H,6,7);2H,1H2;3*1H3;. The van der Waals surface area contributed by atoms with Crippen molar-refractivity contribution >= 4 is 170 Å². The summed E-state index contributed by atoms with van der Waals surface area (Å²) in [5, 5.41) is 0. The van der Waals surface area contributed by atoms with E-state index < -0.39 is 75.6 Å². The molecule has 0 atom stereocenters. The van der Waals surface area contributed by atoms with E-state index in [0.29, 0.717) is 41.0 Å². The number of nitrogens with one attached hydrogen (secondary N) is 1. The second-order valence-electron chi connectivity index (χ2n) is 24.7. The minimum absolute atomic E-state index is 0.0578. The van der Waals surface area contributed by atoms with Gasteiger partial charge in [0.15, 0.2) is 0 Å². The molecule has 0 aromatic carbocycles. The van der Waals surface area contributed by atoms with Crippen molar-refractivity contribution < 1.29 is 70.8 Å². The first-order valence-corrected chi connectivity index (χ1v) is 48.3. The van der Waals surface area contributed by atoms with E-state index in [1.165, 1.54) is 69.1 Å². The van der Waals surface area contributed by atoms with Crippen LogP contribution < -0.4 is 9.17 Å². The summed E-state index contributed by atoms with van der Waals surface area (Å²) in [5.74, 6) is 0. The van der Waals surface area contributed by atoms with Crippen molar-refractivity contribution in [2.45, 2.75) is 118 Å². The van der Waals surface area contributed by atoms with Gasteiger partial charge in [-0.1, -0.05) is 40.8 Å². The molecule has 14 rings (SSSR count). The number of nitrogens with zero attached hydrogens (tertiary/aromatic N) is 16. The van der Waals surface area contributed by atoms with Crippen molar-refractivity contribution in [1.29, 1.82) is 0 Å². The molecule has 13 aromatic rings. The Morgan fingerprint density at radius 2 is 0.909 bits per heavy atom. The number of halogens is 21. The molecule has 0 unspecified atom stereocenters. The number of alkyl halides is 15. The van der Waals surface area contributed by atoms with Crippen LogP contribution in [-0.2, 0) is 28.9 Å². The first-order valence-electron chi connectivity index (χ1n) is 32.1. The number of hydrogen-bond acceptors (Lipinski definition) is 12. The summed E-state index contributed by atoms with van der Waals surface area (Å²) in [6, 6.07) is 24.6. The predicted octanol–water partition coefficient (Wildman–Crippen LogP) is 21.0. The van der Waals surface area contributed by atoms with Gasteiger partial charge in [0.1, 0.15) is 61.6 Å². The zero-order chi connectivity index (χ0) is 80.9. The molecule has 0 aliphatic carbocycles. The number of pyridine rings is 6. The van der Waals surface area contributed by atoms with Gasteiger partial charge in [-0.3, -0.25) is 0 Å². The number of aromatic nitrogens is 17. The molecule has 0 radical (unpaired) electrons. The molecule has 1 aliphatic rings. The molecule has 1 saturated heterocycles. The molecule has 0 saturated carbocycles. The van der Waals surface area contributed by atoms with Crippen LogP contribution >= 0.6 is 118 Å². The van der Waals surface area contributed by atoms with E-state index in [-0.39, 0.29) is 58.6 Å². The van der Waals surface area contributed by atoms with Crippen LogP contribution in [0, 0.1) is 0 Å². The van der Waals surface area contributed by atoms with Gasteiger partial charge in [0, 0.05) is 66.9 Å². The fourth-order valence-electron chi connectivity index (χ4n) is 9.39. The van der Waals surface area contributed by atoms with Crippen molar-refractivity contribution in [3.63, 3.8) is 0 Å². The Labute approximate surface area is 689 Å². The minimum atomic E-state index is -2.74. The van der Waals surface area contributed by atoms with Crippen LogP contribution in [0.3, 0.4) is 0 Å². The van der Waals surface area contributed by atoms with Crippen LogP contribution in [0.5, 0.6) is 0 Å². The number of imidazole rings is 7. The Kier molecular flexibility index (Phi) is 34.9. The van der Waals surface area contributed by atoms with E-state index in [1.54, 1.807) is 94.8 Å². The van der Waals surface area contributed by atoms with Gasteiger partial charge in [0.05, 0.1) is 77.7 Å². The molecule has 1 fully saturated rings. The van der Waals surface area contributed by atoms with Gasteiger partial charge in [-0.15, -0.1) is 0 Å². The van der Waals surface area contributed by atoms with Crippen molar-refractivity contribution in [1.82, 2.24) is 81.7 Å². The maximum atomic E-state index is 13.0. The Hall–Kier alpha value is -6.23. The summed E-state index contributed by atoms with van der Waals surface area (Å²) in [7, 11) is -0.318. The second-order valence-corrected chi connectivity index (χ2v) is 44.5. The number of aromatic amines is 1. The average molecular weight is 2150 g/mol. The second kappa shape index (κ2) is 42.2. The first kappa shape index (κ1) is 91.0. The van der Waals surface area contributed by atoms with E-state index in [2.05, 4.69) is 193 Å². The fraction of sp³-hybridized carbons (Fsp3) is 0.294. The number of hydrogen-bond donors (Lipinski definition) is 1. The van der Waals surface area contributed by atoms with E-state index in [9.17, 15) is 61.5 Å². The quantitative estimate of drug-likeness (QED) is 0.0336. The Morgan fingerprint density at radius 3 is 1.35 bits per heavy atom. The van der Waals surface area contributed by atoms with Crippen LogP contribution in [0.25, 0.3) is 50.8 Å². The summed E-state index contributed by atoms with van der Waals surface area (Å²) < 4.78 is 197. The van der Waals surface area contributed by atoms with E-state index in [0.717, 1.165) is 35.2 Å². The fourth-order valence-corrected chi connectivity index (χ4v) is 14.4. The Bertz CT molecular complexity index is 4990. The zero-order valence-electron chi connectivity index (χ0n) is 58.5. The van der Waals surface area contributed by atoms with Crippen LogP contribution in [0.1, 0.15) is 64.1 Å². The molecule has 19 nitrogen and oxygen atoms in total. The summed E-state index contributed by atoms with van der Waals surface area (Å²) in [6.45, 7) is 6.95. The SMILES string of the molecule is Brc1nc[nH]c1Br.CC1(C)OB(c2ccc3nccn3c2)OC1(C)C.FC(F)CI.FC(F)Cn1cnc(-c2cccc(C(F)F)n2)c1-c1ccc2nccn2c1.FC(F)Cn1cnc(Br)c1-c1ccc2nccn2c1.FC(F)Cn1cnc(Br)c1Br.FC(F)c1cccc(Br)n1.[CH3][Sn]([CH3])([CH3])[c]1cccc(C(F)F)n1. The molecule has 14 heterocycles. The van der Waals surface area contributed by atoms with E-state index in [1.807, 2.05) is 57.7 Å². The maximum absolute atomic E-state index is 13.0. The molecule has 1 N–H and O–H groups in total. The van der Waals surface area contributed by atoms with Crippen LogP contribution in [0.2, 0.25) is 14.8 Å². The summed E-state index contributed by atoms with van der Waals surface area (Å²) in [5.41, 5.74) is 5.01. The molecule has 13 aromatic heterocycles. The zero-order valence-corrected chi connectivity index (χ0v) is 73.0. The molecular formula is C68H65BBr6F14IN17O2Sn. The molecule has 42 heteroatoms. The van der Waals surface area contributed by atoms with Gasteiger partial charge in [-0.25, -0.2) is 97.5 Å². The van der Waals surface area contributed by atoms with Gasteiger partial charge in [0.2, 0.25) is 6.43 Å². The van der Waals surface area contributed by atoms with Crippen LogP contribution in [-0.4, -0.2) is 149 Å². The summed E-state index contributed by atoms with van der Waals surface area (Å²) in [6.07, 6.45) is 4.56. The molecule has 0 spiro atoms. The summed E-state index contributed by atoms with van der Waals surface area (Å²) in [4.78, 5) is 49.1. The monoisotopic (exact) mass is 2150 g/mol. The van der Waals surface area contributed by atoms with E-state index in [4.69, 9.17) is 9.31 Å². The molecular weight excluding hydrogens is 2090 g/mol. The van der Waals surface area contributed by atoms with Gasteiger partial charge < -0.3 is 41.2 Å². The number of rotatable bonds is 15. The van der Waals surface area contributed by atoms with Crippen molar-refractivity contribution in [3.05, 3.63) is 217 Å². The Balaban J connectivity index is 0.000000183. The predicted molar refractivity (Wildman–Crippen MR) is 423 cm³/mol. The molecule has 588 valence electrons. The van der Waals surface area contributed by atoms with Gasteiger partial charge in [0.25, 0.3) is 32.1 Å². The first-order chi connectivity index (χ1) is 51.9. The van der Waals surface area contributed by atoms with Crippen molar-refractivity contribution in [3.8, 4) is 33.9 Å². The molecule has 110 heavy (non-hydrogen) atoms. The van der Waals surface area contributed by atoms with Crippen molar-refractivity contribution in [2.75, 3.05) is 4.43 Å². The van der Waals surface area contributed by atoms with Gasteiger partial charge in [-0.05, 0) is 183 Å². The molecule has 0 amide bonds. The third kappa shape index (κ3) is 26.7. The number of H-pyrrole nitrogens is 1. The van der Waals surface area contributed by atoms with Crippen LogP contribution in [0.15, 0.2) is 200 Å². The van der Waals surface area contributed by atoms with E-state index >= 15 is 0 Å². The van der Waals surface area contributed by atoms with Crippen LogP contribution in [0.4, 0.5) is 61.5 Å². The van der Waals surface area contributed by atoms with Crippen molar-refractivity contribution in [2.24, 2.45) is 0 Å². The normalized spacial score (nSPS) is 13.0. The van der Waals surface area contributed by atoms with Gasteiger partial charge >= 0.3 is 88.1 Å². The summed E-state index contributed by atoms with van der Waals surface area (Å²) >= 11 is 18.2. The molecule has 1 aliphatic heterocycles.